The zero-order chi connectivity index (χ0) is 20.2. The Bertz CT molecular complexity index is 1140. The summed E-state index contributed by atoms with van der Waals surface area (Å²) in [4.78, 5) is 27.9. The molecule has 2 aromatic carbocycles. The van der Waals surface area contributed by atoms with E-state index in [1.807, 2.05) is 30.3 Å². The summed E-state index contributed by atoms with van der Waals surface area (Å²) >= 11 is 1.25. The predicted molar refractivity (Wildman–Crippen MR) is 110 cm³/mol. The van der Waals surface area contributed by atoms with Crippen LogP contribution in [0.25, 0.3) is 11.3 Å². The fourth-order valence-corrected chi connectivity index (χ4v) is 3.63. The number of nitro benzene ring substituents is 1. The molecule has 9 heteroatoms. The predicted octanol–water partition coefficient (Wildman–Crippen LogP) is 4.14. The molecule has 0 saturated heterocycles. The maximum absolute atomic E-state index is 13.0. The van der Waals surface area contributed by atoms with Crippen molar-refractivity contribution in [3.05, 3.63) is 94.1 Å². The number of hydrogen-bond donors (Lipinski definition) is 1. The summed E-state index contributed by atoms with van der Waals surface area (Å²) in [6.45, 7) is 0. The van der Waals surface area contributed by atoms with Gasteiger partial charge in [-0.05, 0) is 11.6 Å². The molecular formula is C20H15N5O3S. The van der Waals surface area contributed by atoms with Crippen LogP contribution in [0.2, 0.25) is 0 Å². The van der Waals surface area contributed by atoms with Gasteiger partial charge in [-0.15, -0.1) is 11.3 Å². The summed E-state index contributed by atoms with van der Waals surface area (Å²) in [7, 11) is 0. The molecule has 0 aliphatic heterocycles. The van der Waals surface area contributed by atoms with Gasteiger partial charge in [-0.1, -0.05) is 42.5 Å². The lowest BCUT2D eigenvalue weighted by Crippen LogP contribution is -2.27. The van der Waals surface area contributed by atoms with Gasteiger partial charge < -0.3 is 0 Å². The largest absolute Gasteiger partial charge is 0.300 e. The first-order chi connectivity index (χ1) is 14.1. The number of carbonyl (C=O) groups is 1. The summed E-state index contributed by atoms with van der Waals surface area (Å²) in [5, 5.41) is 20.2. The molecule has 4 rings (SSSR count). The number of carbonyl (C=O) groups excluding carboxylic acids is 1. The first kappa shape index (κ1) is 18.5. The van der Waals surface area contributed by atoms with Gasteiger partial charge in [-0.3, -0.25) is 24.9 Å². The number of hydrogen-bond acceptors (Lipinski definition) is 6. The number of nitrogens with zero attached hydrogens (tertiary/aromatic N) is 4. The number of amides is 1. The summed E-state index contributed by atoms with van der Waals surface area (Å²) in [5.41, 5.74) is 1.96. The van der Waals surface area contributed by atoms with Crippen LogP contribution < -0.4 is 5.32 Å². The minimum Gasteiger partial charge on any atom is -0.300 e. The van der Waals surface area contributed by atoms with Crippen molar-refractivity contribution in [1.82, 2.24) is 14.8 Å². The van der Waals surface area contributed by atoms with E-state index in [0.717, 1.165) is 5.56 Å². The Balaban J connectivity index is 1.58. The highest BCUT2D eigenvalue weighted by molar-refractivity contribution is 7.14. The fraction of sp³-hybridized carbons (Fsp3) is 0.0500. The van der Waals surface area contributed by atoms with Crippen LogP contribution in [0, 0.1) is 10.1 Å². The summed E-state index contributed by atoms with van der Waals surface area (Å²) in [6, 6.07) is 16.7. The molecular weight excluding hydrogens is 390 g/mol. The number of anilines is 1. The van der Waals surface area contributed by atoms with Crippen LogP contribution in [-0.2, 0) is 4.79 Å². The Kier molecular flexibility index (Phi) is 5.12. The van der Waals surface area contributed by atoms with Crippen molar-refractivity contribution in [2.24, 2.45) is 0 Å². The number of benzene rings is 2. The van der Waals surface area contributed by atoms with Gasteiger partial charge in [-0.2, -0.15) is 5.10 Å². The van der Waals surface area contributed by atoms with Crippen molar-refractivity contribution in [3.8, 4) is 11.3 Å². The van der Waals surface area contributed by atoms with Crippen molar-refractivity contribution in [3.63, 3.8) is 0 Å². The summed E-state index contributed by atoms with van der Waals surface area (Å²) in [6.07, 6.45) is 3.35. The molecule has 1 N–H and O–H groups in total. The highest BCUT2D eigenvalue weighted by Crippen LogP contribution is 2.28. The van der Waals surface area contributed by atoms with E-state index < -0.39 is 11.0 Å². The third kappa shape index (κ3) is 4.04. The molecule has 0 radical (unpaired) electrons. The Morgan fingerprint density at radius 3 is 2.69 bits per heavy atom. The number of rotatable bonds is 6. The maximum Gasteiger partial charge on any atom is 0.270 e. The van der Waals surface area contributed by atoms with Crippen molar-refractivity contribution < 1.29 is 9.72 Å². The summed E-state index contributed by atoms with van der Waals surface area (Å²) < 4.78 is 1.58. The molecule has 0 spiro atoms. The zero-order valence-corrected chi connectivity index (χ0v) is 15.8. The first-order valence-corrected chi connectivity index (χ1v) is 9.55. The number of aromatic nitrogens is 3. The smallest absolute Gasteiger partial charge is 0.270 e. The standard InChI is InChI=1S/C20H15N5O3S/c26-19(18(24-11-5-10-21-24)14-6-2-1-3-7-14)23-20-22-17(13-29-20)15-8-4-9-16(12-15)25(27)28/h1-13,18H,(H,22,23,26). The molecule has 0 aliphatic rings. The third-order valence-corrected chi connectivity index (χ3v) is 5.00. The highest BCUT2D eigenvalue weighted by Gasteiger charge is 2.24. The van der Waals surface area contributed by atoms with Crippen molar-refractivity contribution >= 4 is 28.1 Å². The van der Waals surface area contributed by atoms with Crippen LogP contribution in [0.15, 0.2) is 78.4 Å². The first-order valence-electron chi connectivity index (χ1n) is 8.67. The van der Waals surface area contributed by atoms with Crippen LogP contribution in [0.5, 0.6) is 0 Å². The second kappa shape index (κ2) is 8.03. The molecule has 1 atom stereocenters. The van der Waals surface area contributed by atoms with Crippen LogP contribution >= 0.6 is 11.3 Å². The molecule has 0 fully saturated rings. The highest BCUT2D eigenvalue weighted by atomic mass is 32.1. The number of non-ortho nitro benzene ring substituents is 1. The molecule has 1 unspecified atom stereocenters. The minimum atomic E-state index is -0.642. The SMILES string of the molecule is O=C(Nc1nc(-c2cccc([N+](=O)[O-])c2)cs1)C(c1ccccc1)n1cccn1. The minimum absolute atomic E-state index is 0.0103. The molecule has 29 heavy (non-hydrogen) atoms. The van der Waals surface area contributed by atoms with E-state index in [1.165, 1.54) is 23.5 Å². The fourth-order valence-electron chi connectivity index (χ4n) is 2.91. The van der Waals surface area contributed by atoms with Crippen molar-refractivity contribution in [2.75, 3.05) is 5.32 Å². The quantitative estimate of drug-likeness (QED) is 0.383. The third-order valence-electron chi connectivity index (χ3n) is 4.24. The summed E-state index contributed by atoms with van der Waals surface area (Å²) in [5.74, 6) is -0.278. The van der Waals surface area contributed by atoms with E-state index in [-0.39, 0.29) is 11.6 Å². The molecule has 1 amide bonds. The Labute approximate surface area is 169 Å². The number of thiazole rings is 1. The Morgan fingerprint density at radius 2 is 1.97 bits per heavy atom. The second-order valence-corrected chi connectivity index (χ2v) is 6.99. The lowest BCUT2D eigenvalue weighted by atomic mass is 10.1. The van der Waals surface area contributed by atoms with Gasteiger partial charge in [0.2, 0.25) is 0 Å². The molecule has 8 nitrogen and oxygen atoms in total. The van der Waals surface area contributed by atoms with Gasteiger partial charge in [-0.25, -0.2) is 4.98 Å². The van der Waals surface area contributed by atoms with Gasteiger partial charge in [0.15, 0.2) is 11.2 Å². The average Bonchev–Trinajstić information content (AvgIpc) is 3.42. The van der Waals surface area contributed by atoms with Gasteiger partial charge >= 0.3 is 0 Å². The molecule has 2 heterocycles. The van der Waals surface area contributed by atoms with Crippen LogP contribution in [0.1, 0.15) is 11.6 Å². The molecule has 2 aromatic heterocycles. The Morgan fingerprint density at radius 1 is 1.14 bits per heavy atom. The Hall–Kier alpha value is -3.85. The van der Waals surface area contributed by atoms with E-state index in [4.69, 9.17) is 0 Å². The van der Waals surface area contributed by atoms with Gasteiger partial charge in [0.05, 0.1) is 10.6 Å². The van der Waals surface area contributed by atoms with E-state index in [9.17, 15) is 14.9 Å². The van der Waals surface area contributed by atoms with Gasteiger partial charge in [0, 0.05) is 35.5 Å². The van der Waals surface area contributed by atoms with E-state index in [2.05, 4.69) is 15.4 Å². The second-order valence-electron chi connectivity index (χ2n) is 6.13. The van der Waals surface area contributed by atoms with Gasteiger partial charge in [0.1, 0.15) is 0 Å². The van der Waals surface area contributed by atoms with E-state index in [0.29, 0.717) is 16.4 Å². The topological polar surface area (TPSA) is 103 Å². The number of nitrogens with one attached hydrogen (secondary N) is 1. The lowest BCUT2D eigenvalue weighted by Gasteiger charge is -2.16. The molecule has 144 valence electrons. The normalized spacial score (nSPS) is 11.7. The average molecular weight is 405 g/mol. The molecule has 4 aromatic rings. The molecule has 0 aliphatic carbocycles. The van der Waals surface area contributed by atoms with Gasteiger partial charge in [0.25, 0.3) is 11.6 Å². The van der Waals surface area contributed by atoms with E-state index in [1.54, 1.807) is 40.7 Å². The van der Waals surface area contributed by atoms with Crippen LogP contribution in [0.4, 0.5) is 10.8 Å². The van der Waals surface area contributed by atoms with E-state index >= 15 is 0 Å². The van der Waals surface area contributed by atoms with Crippen LogP contribution in [0.3, 0.4) is 0 Å². The van der Waals surface area contributed by atoms with Crippen LogP contribution in [-0.4, -0.2) is 25.6 Å². The zero-order valence-electron chi connectivity index (χ0n) is 15.0. The maximum atomic E-state index is 13.0. The van der Waals surface area contributed by atoms with Crippen molar-refractivity contribution in [1.29, 1.82) is 0 Å². The molecule has 0 saturated carbocycles. The monoisotopic (exact) mass is 405 g/mol. The lowest BCUT2D eigenvalue weighted by molar-refractivity contribution is -0.384. The molecule has 0 bridgehead atoms. The number of nitro groups is 1. The van der Waals surface area contributed by atoms with Crippen molar-refractivity contribution in [2.45, 2.75) is 6.04 Å².